The van der Waals surface area contributed by atoms with Gasteiger partial charge in [-0.05, 0) is 59.7 Å². The van der Waals surface area contributed by atoms with Crippen molar-refractivity contribution >= 4 is 8.07 Å². The van der Waals surface area contributed by atoms with E-state index in [1.807, 2.05) is 78.9 Å². The second-order valence-corrected chi connectivity index (χ2v) is 14.9. The third-order valence-electron chi connectivity index (χ3n) is 5.76. The molecule has 40 heavy (non-hydrogen) atoms. The van der Waals surface area contributed by atoms with Crippen molar-refractivity contribution in [1.82, 2.24) is 5.32 Å². The third-order valence-corrected chi connectivity index (χ3v) is 6.64. The van der Waals surface area contributed by atoms with Crippen LogP contribution in [0.4, 0.5) is 0 Å². The van der Waals surface area contributed by atoms with Crippen molar-refractivity contribution in [3.63, 3.8) is 0 Å². The van der Waals surface area contributed by atoms with Crippen molar-refractivity contribution in [1.29, 1.82) is 0 Å². The zero-order valence-corrected chi connectivity index (χ0v) is 24.6. The maximum absolute atomic E-state index is 6.19. The first-order chi connectivity index (χ1) is 19.3. The van der Waals surface area contributed by atoms with E-state index >= 15 is 0 Å². The number of ether oxygens (including phenoxy) is 5. The van der Waals surface area contributed by atoms with Crippen LogP contribution in [0.2, 0.25) is 19.6 Å². The molecule has 0 aromatic heterocycles. The van der Waals surface area contributed by atoms with Crippen LogP contribution in [0.25, 0.3) is 0 Å². The summed E-state index contributed by atoms with van der Waals surface area (Å²) in [6.45, 7) is 7.43. The number of dihydropyridines is 1. The van der Waals surface area contributed by atoms with Crippen LogP contribution in [0, 0.1) is 11.5 Å². The molecule has 6 nitrogen and oxygen atoms in total. The quantitative estimate of drug-likeness (QED) is 0.167. The Labute approximate surface area is 237 Å². The van der Waals surface area contributed by atoms with E-state index in [9.17, 15) is 0 Å². The fourth-order valence-corrected chi connectivity index (χ4v) is 4.06. The van der Waals surface area contributed by atoms with Gasteiger partial charge in [0, 0.05) is 17.8 Å². The van der Waals surface area contributed by atoms with Gasteiger partial charge in [-0.1, -0.05) is 49.8 Å². The van der Waals surface area contributed by atoms with Gasteiger partial charge in [0.25, 0.3) is 0 Å². The number of hydrogen-bond donors (Lipinski definition) is 1. The van der Waals surface area contributed by atoms with Gasteiger partial charge in [-0.2, -0.15) is 0 Å². The molecule has 0 unspecified atom stereocenters. The molecule has 3 aromatic rings. The van der Waals surface area contributed by atoms with Crippen LogP contribution in [-0.4, -0.2) is 22.3 Å². The molecule has 1 N–H and O–H groups in total. The van der Waals surface area contributed by atoms with E-state index in [1.54, 1.807) is 26.7 Å². The highest BCUT2D eigenvalue weighted by Crippen LogP contribution is 2.24. The van der Waals surface area contributed by atoms with Crippen molar-refractivity contribution in [2.24, 2.45) is 0 Å². The SMILES string of the molecule is COc1ccc(COC2=CNC(=COc3ccc(C#C[Si](C)(C)C)cc3)C=C2OCc2ccc(OC)cc2)cc1. The molecular formula is C33H35NO5Si. The number of hydrogen-bond acceptors (Lipinski definition) is 6. The maximum atomic E-state index is 6.19. The molecule has 0 bridgehead atoms. The van der Waals surface area contributed by atoms with Crippen molar-refractivity contribution in [2.75, 3.05) is 14.2 Å². The summed E-state index contributed by atoms with van der Waals surface area (Å²) >= 11 is 0. The molecule has 0 saturated heterocycles. The van der Waals surface area contributed by atoms with Gasteiger partial charge in [0.1, 0.15) is 44.8 Å². The molecule has 7 heteroatoms. The Balaban J connectivity index is 1.45. The van der Waals surface area contributed by atoms with Crippen molar-refractivity contribution in [3.05, 3.63) is 125 Å². The Morgan fingerprint density at radius 2 is 1.23 bits per heavy atom. The minimum Gasteiger partial charge on any atom is -0.497 e. The summed E-state index contributed by atoms with van der Waals surface area (Å²) in [6, 6.07) is 23.3. The van der Waals surface area contributed by atoms with Crippen LogP contribution in [0.3, 0.4) is 0 Å². The maximum Gasteiger partial charge on any atom is 0.177 e. The lowest BCUT2D eigenvalue weighted by Crippen LogP contribution is -2.16. The van der Waals surface area contributed by atoms with Crippen molar-refractivity contribution in [3.8, 4) is 28.7 Å². The molecule has 0 fully saturated rings. The highest BCUT2D eigenvalue weighted by atomic mass is 28.3. The molecule has 1 aliphatic rings. The van der Waals surface area contributed by atoms with E-state index in [4.69, 9.17) is 23.7 Å². The summed E-state index contributed by atoms with van der Waals surface area (Å²) in [6.07, 6.45) is 5.29. The number of methoxy groups -OCH3 is 2. The third kappa shape index (κ3) is 8.75. The fourth-order valence-electron chi connectivity index (χ4n) is 3.54. The summed E-state index contributed by atoms with van der Waals surface area (Å²) in [5, 5.41) is 3.22. The topological polar surface area (TPSA) is 58.2 Å². The second kappa shape index (κ2) is 13.5. The first-order valence-electron chi connectivity index (χ1n) is 13.0. The van der Waals surface area contributed by atoms with Crippen LogP contribution < -0.4 is 19.5 Å². The number of allylic oxidation sites excluding steroid dienone is 1. The summed E-state index contributed by atoms with van der Waals surface area (Å²) in [4.78, 5) is 0. The summed E-state index contributed by atoms with van der Waals surface area (Å²) in [5.41, 5.74) is 7.11. The van der Waals surface area contributed by atoms with E-state index in [1.165, 1.54) is 0 Å². The highest BCUT2D eigenvalue weighted by molar-refractivity contribution is 6.83. The predicted molar refractivity (Wildman–Crippen MR) is 160 cm³/mol. The Bertz CT molecular complexity index is 1420. The lowest BCUT2D eigenvalue weighted by Gasteiger charge is -2.20. The minimum atomic E-state index is -1.42. The lowest BCUT2D eigenvalue weighted by molar-refractivity contribution is 0.134. The monoisotopic (exact) mass is 553 g/mol. The molecule has 0 radical (unpaired) electrons. The fraction of sp³-hybridized carbons (Fsp3) is 0.212. The highest BCUT2D eigenvalue weighted by Gasteiger charge is 2.16. The van der Waals surface area contributed by atoms with Crippen molar-refractivity contribution in [2.45, 2.75) is 32.9 Å². The van der Waals surface area contributed by atoms with Crippen LogP contribution in [0.5, 0.6) is 17.2 Å². The van der Waals surface area contributed by atoms with Gasteiger partial charge >= 0.3 is 0 Å². The molecule has 0 amide bonds. The average molecular weight is 554 g/mol. The molecule has 4 rings (SSSR count). The second-order valence-electron chi connectivity index (χ2n) is 10.2. The first-order valence-corrected chi connectivity index (χ1v) is 16.5. The summed E-state index contributed by atoms with van der Waals surface area (Å²) < 4.78 is 28.7. The van der Waals surface area contributed by atoms with E-state index in [-0.39, 0.29) is 0 Å². The first kappa shape index (κ1) is 28.5. The van der Waals surface area contributed by atoms with Gasteiger partial charge in [0.15, 0.2) is 11.5 Å². The van der Waals surface area contributed by atoms with Crippen LogP contribution >= 0.6 is 0 Å². The molecule has 0 aliphatic carbocycles. The van der Waals surface area contributed by atoms with Gasteiger partial charge in [0.2, 0.25) is 0 Å². The molecule has 3 aromatic carbocycles. The molecule has 0 spiro atoms. The summed E-state index contributed by atoms with van der Waals surface area (Å²) in [5.74, 6) is 6.75. The van der Waals surface area contributed by atoms with Gasteiger partial charge < -0.3 is 29.0 Å². The van der Waals surface area contributed by atoms with Gasteiger partial charge in [0.05, 0.1) is 19.9 Å². The largest absolute Gasteiger partial charge is 0.497 e. The normalized spacial score (nSPS) is 13.7. The van der Waals surface area contributed by atoms with E-state index in [0.717, 1.165) is 33.9 Å². The molecule has 1 heterocycles. The van der Waals surface area contributed by atoms with Crippen molar-refractivity contribution < 1.29 is 23.7 Å². The zero-order chi connectivity index (χ0) is 28.4. The summed E-state index contributed by atoms with van der Waals surface area (Å²) in [7, 11) is 1.88. The average Bonchev–Trinajstić information content (AvgIpc) is 2.98. The smallest absolute Gasteiger partial charge is 0.177 e. The van der Waals surface area contributed by atoms with Crippen LogP contribution in [0.1, 0.15) is 16.7 Å². The molecule has 1 aliphatic heterocycles. The number of rotatable bonds is 10. The molecule has 0 atom stereocenters. The van der Waals surface area contributed by atoms with Gasteiger partial charge in [-0.3, -0.25) is 0 Å². The predicted octanol–water partition coefficient (Wildman–Crippen LogP) is 6.92. The lowest BCUT2D eigenvalue weighted by atomic mass is 10.2. The van der Waals surface area contributed by atoms with Gasteiger partial charge in [-0.25, -0.2) is 0 Å². The molecule has 0 saturated carbocycles. The Morgan fingerprint density at radius 3 is 1.75 bits per heavy atom. The zero-order valence-electron chi connectivity index (χ0n) is 23.6. The van der Waals surface area contributed by atoms with Crippen LogP contribution in [-0.2, 0) is 22.7 Å². The Hall–Kier alpha value is -4.54. The van der Waals surface area contributed by atoms with Gasteiger partial charge in [-0.15, -0.1) is 5.54 Å². The van der Waals surface area contributed by atoms with E-state index in [2.05, 4.69) is 36.4 Å². The Morgan fingerprint density at radius 1 is 0.700 bits per heavy atom. The number of nitrogens with one attached hydrogen (secondary N) is 1. The van der Waals surface area contributed by atoms with E-state index < -0.39 is 8.07 Å². The molecular weight excluding hydrogens is 518 g/mol. The van der Waals surface area contributed by atoms with E-state index in [0.29, 0.717) is 30.5 Å². The van der Waals surface area contributed by atoms with Crippen LogP contribution in [0.15, 0.2) is 109 Å². The Kier molecular flexibility index (Phi) is 9.60. The minimum absolute atomic E-state index is 0.368. The molecule has 206 valence electrons. The number of benzene rings is 3. The standard InChI is InChI=1S/C33H35NO5Si/c1-35-29-12-8-26(9-13-29)22-38-32-20-28(24-37-31-16-6-25(7-17-31)18-19-40(3,4)5)34-21-33(32)39-23-27-10-14-30(36-2)15-11-27/h6-17,20-21,24,34H,22-23H2,1-5H3.